The average Bonchev–Trinajstić information content (AvgIpc) is 3.54. The Hall–Kier alpha value is -1.11. The fourth-order valence-electron chi connectivity index (χ4n) is 4.15. The van der Waals surface area contributed by atoms with E-state index in [1.54, 1.807) is 20.8 Å². The van der Waals surface area contributed by atoms with E-state index in [-0.39, 0.29) is 19.2 Å². The molecular formula is C27H45F3N4O2SSi. The number of hydrogen-bond acceptors (Lipinski definition) is 5. The molecule has 0 bridgehead atoms. The molecule has 3 rings (SSSR count). The second-order valence-corrected chi connectivity index (χ2v) is 21.1. The van der Waals surface area contributed by atoms with Crippen molar-refractivity contribution in [3.63, 3.8) is 0 Å². The molecule has 2 aromatic rings. The van der Waals surface area contributed by atoms with Crippen molar-refractivity contribution in [2.45, 2.75) is 109 Å². The number of halogens is 3. The normalized spacial score (nSPS) is 18.1. The number of imidazole rings is 1. The van der Waals surface area contributed by atoms with Crippen molar-refractivity contribution in [3.05, 3.63) is 29.6 Å². The number of nitrogens with two attached hydrogens (primary N) is 1. The highest BCUT2D eigenvalue weighted by molar-refractivity contribution is 7.90. The van der Waals surface area contributed by atoms with Crippen molar-refractivity contribution in [1.29, 1.82) is 0 Å². The van der Waals surface area contributed by atoms with Crippen molar-refractivity contribution in [2.75, 3.05) is 6.61 Å². The van der Waals surface area contributed by atoms with E-state index in [1.165, 1.54) is 13.8 Å². The molecule has 3 atom stereocenters. The molecule has 0 amide bonds. The first kappa shape index (κ1) is 31.4. The number of nitrogens with zero attached hydrogens (tertiary/aromatic N) is 2. The van der Waals surface area contributed by atoms with Crippen molar-refractivity contribution >= 4 is 30.5 Å². The Morgan fingerprint density at radius 2 is 1.82 bits per heavy atom. The van der Waals surface area contributed by atoms with Gasteiger partial charge in [-0.3, -0.25) is 0 Å². The van der Waals surface area contributed by atoms with Crippen LogP contribution in [-0.2, 0) is 22.8 Å². The SMILES string of the molecule is CC(C)(C)[S+]([O-])N[C@@H](CC(C)(C)C(F)(F)F)c1nc2cc([C@H](N)C3CC3)ccc2n1COCC[Si](C)(C)C. The topological polar surface area (TPSA) is 88.2 Å². The first-order chi connectivity index (χ1) is 17.3. The van der Waals surface area contributed by atoms with Gasteiger partial charge in [-0.05, 0) is 69.7 Å². The standard InChI is InChI=1S/C27H45F3N4O2SSi/c1-25(2,3)37(35)33-21(16-26(4,5)27(28,29)30)24-32-20-15-19(23(31)18-9-10-18)11-12-22(20)34(24)17-36-13-14-38(6,7)8/h11-12,15,18,21,23,33H,9-10,13-14,16-17,31H2,1-8H3/t21-,23+,37?/m0/s1. The molecule has 6 nitrogen and oxygen atoms in total. The number of ether oxygens (including phenoxy) is 1. The van der Waals surface area contributed by atoms with Crippen molar-refractivity contribution in [1.82, 2.24) is 14.3 Å². The number of rotatable bonds is 12. The van der Waals surface area contributed by atoms with Gasteiger partial charge in [0.1, 0.15) is 23.3 Å². The van der Waals surface area contributed by atoms with Crippen LogP contribution in [0.5, 0.6) is 0 Å². The Labute approximate surface area is 229 Å². The molecule has 0 radical (unpaired) electrons. The van der Waals surface area contributed by atoms with Crippen LogP contribution in [0.15, 0.2) is 18.2 Å². The first-order valence-corrected chi connectivity index (χ1v) is 18.2. The van der Waals surface area contributed by atoms with E-state index in [1.807, 2.05) is 22.8 Å². The fourth-order valence-corrected chi connectivity index (χ4v) is 5.71. The van der Waals surface area contributed by atoms with Gasteiger partial charge >= 0.3 is 6.18 Å². The minimum Gasteiger partial charge on any atom is -0.598 e. The number of benzene rings is 1. The molecule has 1 aromatic heterocycles. The maximum atomic E-state index is 14.0. The maximum Gasteiger partial charge on any atom is 0.394 e. The minimum absolute atomic E-state index is 0.0903. The van der Waals surface area contributed by atoms with E-state index in [0.29, 0.717) is 23.9 Å². The fraction of sp³-hybridized carbons (Fsp3) is 0.741. The van der Waals surface area contributed by atoms with Crippen LogP contribution in [-0.4, -0.2) is 39.7 Å². The third kappa shape index (κ3) is 7.97. The van der Waals surface area contributed by atoms with Gasteiger partial charge in [0.05, 0.1) is 16.4 Å². The lowest BCUT2D eigenvalue weighted by atomic mass is 9.85. The van der Waals surface area contributed by atoms with Crippen LogP contribution >= 0.6 is 0 Å². The number of nitrogens with one attached hydrogen (secondary N) is 1. The van der Waals surface area contributed by atoms with Gasteiger partial charge in [0.2, 0.25) is 0 Å². The summed E-state index contributed by atoms with van der Waals surface area (Å²) >= 11 is -1.61. The molecule has 216 valence electrons. The predicted molar refractivity (Wildman–Crippen MR) is 152 cm³/mol. The molecular weight excluding hydrogens is 529 g/mol. The summed E-state index contributed by atoms with van der Waals surface area (Å²) in [5.41, 5.74) is 6.80. The molecule has 0 aliphatic heterocycles. The molecule has 1 heterocycles. The number of fused-ring (bicyclic) bond motifs is 1. The highest BCUT2D eigenvalue weighted by atomic mass is 32.2. The highest BCUT2D eigenvalue weighted by Crippen LogP contribution is 2.45. The molecule has 38 heavy (non-hydrogen) atoms. The van der Waals surface area contributed by atoms with Crippen LogP contribution in [0.2, 0.25) is 25.7 Å². The van der Waals surface area contributed by atoms with E-state index in [4.69, 9.17) is 15.5 Å². The second kappa shape index (κ2) is 11.4. The summed E-state index contributed by atoms with van der Waals surface area (Å²) in [7, 11) is -1.33. The van der Waals surface area contributed by atoms with Gasteiger partial charge in [-0.15, -0.1) is 4.72 Å². The van der Waals surface area contributed by atoms with Crippen LogP contribution in [0.3, 0.4) is 0 Å². The third-order valence-corrected chi connectivity index (χ3v) is 10.4. The molecule has 1 unspecified atom stereocenters. The van der Waals surface area contributed by atoms with E-state index in [2.05, 4.69) is 24.4 Å². The summed E-state index contributed by atoms with van der Waals surface area (Å²) in [4.78, 5) is 4.84. The first-order valence-electron chi connectivity index (χ1n) is 13.4. The third-order valence-electron chi connectivity index (χ3n) is 7.13. The lowest BCUT2D eigenvalue weighted by Gasteiger charge is -2.34. The summed E-state index contributed by atoms with van der Waals surface area (Å²) in [6, 6.07) is 5.80. The van der Waals surface area contributed by atoms with Gasteiger partial charge in [-0.1, -0.05) is 39.6 Å². The van der Waals surface area contributed by atoms with Crippen LogP contribution < -0.4 is 10.5 Å². The minimum atomic E-state index is -4.44. The Morgan fingerprint density at radius 3 is 2.34 bits per heavy atom. The zero-order chi connectivity index (χ0) is 28.7. The van der Waals surface area contributed by atoms with Crippen molar-refractivity contribution in [3.8, 4) is 0 Å². The van der Waals surface area contributed by atoms with Gasteiger partial charge in [-0.25, -0.2) is 4.98 Å². The molecule has 0 saturated heterocycles. The zero-order valence-corrected chi connectivity index (χ0v) is 25.9. The second-order valence-electron chi connectivity index (χ2n) is 13.5. The van der Waals surface area contributed by atoms with Crippen molar-refractivity contribution < 1.29 is 22.5 Å². The van der Waals surface area contributed by atoms with Crippen LogP contribution in [0.1, 0.15) is 77.4 Å². The van der Waals surface area contributed by atoms with Gasteiger partial charge in [0.25, 0.3) is 0 Å². The van der Waals surface area contributed by atoms with E-state index in [9.17, 15) is 17.7 Å². The van der Waals surface area contributed by atoms with Crippen LogP contribution in [0, 0.1) is 11.3 Å². The lowest BCUT2D eigenvalue weighted by Crippen LogP contribution is -2.45. The highest BCUT2D eigenvalue weighted by Gasteiger charge is 2.50. The molecule has 11 heteroatoms. The number of hydrogen-bond donors (Lipinski definition) is 2. The van der Waals surface area contributed by atoms with Crippen molar-refractivity contribution in [2.24, 2.45) is 17.1 Å². The van der Waals surface area contributed by atoms with Crippen LogP contribution in [0.25, 0.3) is 11.0 Å². The molecule has 3 N–H and O–H groups in total. The average molecular weight is 575 g/mol. The summed E-state index contributed by atoms with van der Waals surface area (Å²) in [6.45, 7) is 15.2. The van der Waals surface area contributed by atoms with E-state index in [0.717, 1.165) is 30.0 Å². The molecule has 1 fully saturated rings. The zero-order valence-electron chi connectivity index (χ0n) is 24.0. The predicted octanol–water partition coefficient (Wildman–Crippen LogP) is 6.83. The molecule has 1 aliphatic carbocycles. The Morgan fingerprint density at radius 1 is 1.18 bits per heavy atom. The monoisotopic (exact) mass is 574 g/mol. The molecule has 1 aromatic carbocycles. The molecule has 1 saturated carbocycles. The molecule has 0 spiro atoms. The van der Waals surface area contributed by atoms with E-state index >= 15 is 0 Å². The Bertz CT molecular complexity index is 1090. The number of aromatic nitrogens is 2. The summed E-state index contributed by atoms with van der Waals surface area (Å²) < 4.78 is 65.4. The van der Waals surface area contributed by atoms with Gasteiger partial charge < -0.3 is 19.6 Å². The quantitative estimate of drug-likeness (QED) is 0.165. The maximum absolute atomic E-state index is 14.0. The van der Waals surface area contributed by atoms with E-state index < -0.39 is 41.8 Å². The van der Waals surface area contributed by atoms with Gasteiger partial charge in [0, 0.05) is 32.1 Å². The lowest BCUT2D eigenvalue weighted by molar-refractivity contribution is -0.215. The summed E-state index contributed by atoms with van der Waals surface area (Å²) in [5, 5.41) is 0. The smallest absolute Gasteiger partial charge is 0.394 e. The van der Waals surface area contributed by atoms with Gasteiger partial charge in [0.15, 0.2) is 0 Å². The molecule has 1 aliphatic rings. The van der Waals surface area contributed by atoms with Crippen LogP contribution in [0.4, 0.5) is 13.2 Å². The summed E-state index contributed by atoms with van der Waals surface area (Å²) in [6.07, 6.45) is -2.57. The van der Waals surface area contributed by atoms with Gasteiger partial charge in [-0.2, -0.15) is 13.2 Å². The largest absolute Gasteiger partial charge is 0.598 e. The summed E-state index contributed by atoms with van der Waals surface area (Å²) in [5.74, 6) is 0.843. The Kier molecular flexibility index (Phi) is 9.43. The number of alkyl halides is 3. The Balaban J connectivity index is 2.06.